The number of aromatic hydroxyl groups is 1. The Hall–Kier alpha value is -1.76. The Labute approximate surface area is 167 Å². The van der Waals surface area contributed by atoms with Crippen molar-refractivity contribution in [1.82, 2.24) is 5.01 Å². The second-order valence-corrected chi connectivity index (χ2v) is 7.60. The molecule has 1 saturated heterocycles. The number of benzene rings is 2. The van der Waals surface area contributed by atoms with Crippen LogP contribution in [-0.4, -0.2) is 49.6 Å². The summed E-state index contributed by atoms with van der Waals surface area (Å²) in [4.78, 5) is 1.55. The molecule has 3 rings (SSSR count). The Morgan fingerprint density at radius 2 is 1.96 bits per heavy atom. The largest absolute Gasteiger partial charge is 0.503 e. The van der Waals surface area contributed by atoms with E-state index in [0.717, 1.165) is 43.3 Å². The normalized spacial score (nSPS) is 15.6. The fourth-order valence-electron chi connectivity index (χ4n) is 2.97. The molecular weight excluding hydrogens is 418 g/mol. The van der Waals surface area contributed by atoms with E-state index >= 15 is 0 Å². The first-order valence-corrected chi connectivity index (χ1v) is 9.65. The van der Waals surface area contributed by atoms with Crippen LogP contribution in [0.4, 0.5) is 0 Å². The van der Waals surface area contributed by atoms with E-state index in [1.165, 1.54) is 12.7 Å². The minimum atomic E-state index is 0.101. The monoisotopic (exact) mass is 438 g/mol. The Morgan fingerprint density at radius 3 is 2.62 bits per heavy atom. The third-order valence-corrected chi connectivity index (χ3v) is 5.31. The molecule has 1 fully saturated rings. The summed E-state index contributed by atoms with van der Waals surface area (Å²) in [6, 6.07) is 11.7. The van der Waals surface area contributed by atoms with Gasteiger partial charge in [-0.3, -0.25) is 5.01 Å². The highest BCUT2D eigenvalue weighted by molar-refractivity contribution is 9.10. The van der Waals surface area contributed by atoms with Gasteiger partial charge >= 0.3 is 0 Å². The molecule has 0 aliphatic carbocycles. The van der Waals surface area contributed by atoms with Gasteiger partial charge in [0.1, 0.15) is 6.54 Å². The van der Waals surface area contributed by atoms with Crippen LogP contribution in [0.5, 0.6) is 11.5 Å². The van der Waals surface area contributed by atoms with Gasteiger partial charge in [0.15, 0.2) is 11.5 Å². The number of nitrogens with one attached hydrogen (secondary N) is 1. The van der Waals surface area contributed by atoms with Gasteiger partial charge in [0, 0.05) is 10.6 Å². The van der Waals surface area contributed by atoms with Gasteiger partial charge in [-0.1, -0.05) is 23.7 Å². The summed E-state index contributed by atoms with van der Waals surface area (Å²) >= 11 is 9.27. The van der Waals surface area contributed by atoms with Crippen molar-refractivity contribution in [1.29, 1.82) is 0 Å². The lowest BCUT2D eigenvalue weighted by molar-refractivity contribution is -0.918. The van der Waals surface area contributed by atoms with Crippen LogP contribution >= 0.6 is 27.5 Å². The van der Waals surface area contributed by atoms with Gasteiger partial charge in [0.2, 0.25) is 0 Å². The van der Waals surface area contributed by atoms with E-state index in [9.17, 15) is 5.11 Å². The minimum absolute atomic E-state index is 0.101. The van der Waals surface area contributed by atoms with Gasteiger partial charge in [0.25, 0.3) is 0 Å². The lowest BCUT2D eigenvalue weighted by Crippen LogP contribution is -3.13. The molecule has 0 atom stereocenters. The number of nitrogens with zero attached hydrogens (tertiary/aromatic N) is 2. The molecule has 0 spiro atoms. The van der Waals surface area contributed by atoms with Crippen LogP contribution < -0.4 is 9.64 Å². The molecule has 0 bridgehead atoms. The van der Waals surface area contributed by atoms with E-state index in [0.29, 0.717) is 10.2 Å². The zero-order chi connectivity index (χ0) is 18.5. The van der Waals surface area contributed by atoms with Crippen molar-refractivity contribution in [3.63, 3.8) is 0 Å². The van der Waals surface area contributed by atoms with E-state index in [1.54, 1.807) is 17.2 Å². The Kier molecular flexibility index (Phi) is 6.40. The van der Waals surface area contributed by atoms with Crippen LogP contribution in [0.2, 0.25) is 5.02 Å². The maximum absolute atomic E-state index is 9.87. The van der Waals surface area contributed by atoms with Gasteiger partial charge in [-0.2, -0.15) is 5.10 Å². The quantitative estimate of drug-likeness (QED) is 0.704. The standard InChI is InChI=1S/C19H21BrClN3O2/c1-26-18-11-15(10-17(20)19(18)25)12-22-24-8-6-23(7-9-24)13-14-2-4-16(21)5-3-14/h2-5,10-12,25H,6-9,13H2,1H3/p+1/b22-12+. The fourth-order valence-corrected chi connectivity index (χ4v) is 3.55. The van der Waals surface area contributed by atoms with Crippen LogP contribution in [-0.2, 0) is 6.54 Å². The SMILES string of the molecule is COc1cc(/C=N/N2CC[NH+](Cc3ccc(Cl)cc3)CC2)cc(Br)c1O. The molecule has 0 radical (unpaired) electrons. The van der Waals surface area contributed by atoms with Crippen molar-refractivity contribution in [3.05, 3.63) is 57.0 Å². The van der Waals surface area contributed by atoms with Gasteiger partial charge in [-0.25, -0.2) is 0 Å². The maximum atomic E-state index is 9.87. The predicted molar refractivity (Wildman–Crippen MR) is 107 cm³/mol. The number of halogens is 2. The number of hydrogen-bond donors (Lipinski definition) is 2. The van der Waals surface area contributed by atoms with Crippen LogP contribution in [0.1, 0.15) is 11.1 Å². The van der Waals surface area contributed by atoms with Crippen molar-refractivity contribution >= 4 is 33.7 Å². The molecule has 1 heterocycles. The Balaban J connectivity index is 1.54. The molecule has 7 heteroatoms. The van der Waals surface area contributed by atoms with Crippen LogP contribution in [0, 0.1) is 0 Å². The minimum Gasteiger partial charge on any atom is -0.503 e. The van der Waals surface area contributed by atoms with Crippen LogP contribution in [0.25, 0.3) is 0 Å². The molecule has 5 nitrogen and oxygen atoms in total. The number of phenols is 1. The third-order valence-electron chi connectivity index (χ3n) is 4.46. The van der Waals surface area contributed by atoms with Crippen molar-refractivity contribution in [2.24, 2.45) is 5.10 Å². The molecule has 2 aromatic rings. The molecule has 0 aromatic heterocycles. The summed E-state index contributed by atoms with van der Waals surface area (Å²) in [5, 5.41) is 17.3. The number of rotatable bonds is 5. The van der Waals surface area contributed by atoms with Crippen molar-refractivity contribution < 1.29 is 14.7 Å². The zero-order valence-corrected chi connectivity index (χ0v) is 16.9. The number of ether oxygens (including phenoxy) is 1. The molecule has 26 heavy (non-hydrogen) atoms. The Bertz CT molecular complexity index is 775. The van der Waals surface area contributed by atoms with E-state index in [-0.39, 0.29) is 5.75 Å². The second kappa shape index (κ2) is 8.75. The van der Waals surface area contributed by atoms with Crippen LogP contribution in [0.3, 0.4) is 0 Å². The highest BCUT2D eigenvalue weighted by Crippen LogP contribution is 2.34. The topological polar surface area (TPSA) is 49.5 Å². The lowest BCUT2D eigenvalue weighted by atomic mass is 10.2. The first kappa shape index (κ1) is 19.0. The average Bonchev–Trinajstić information content (AvgIpc) is 2.65. The van der Waals surface area contributed by atoms with Crippen molar-refractivity contribution in [2.75, 3.05) is 33.3 Å². The summed E-state index contributed by atoms with van der Waals surface area (Å²) in [5.41, 5.74) is 2.19. The fraction of sp³-hybridized carbons (Fsp3) is 0.316. The van der Waals surface area contributed by atoms with E-state index in [2.05, 4.69) is 38.2 Å². The van der Waals surface area contributed by atoms with E-state index in [4.69, 9.17) is 16.3 Å². The summed E-state index contributed by atoms with van der Waals surface area (Å²) in [7, 11) is 1.53. The van der Waals surface area contributed by atoms with E-state index < -0.39 is 0 Å². The van der Waals surface area contributed by atoms with Crippen LogP contribution in [0.15, 0.2) is 46.0 Å². The number of methoxy groups -OCH3 is 1. The highest BCUT2D eigenvalue weighted by Gasteiger charge is 2.18. The average molecular weight is 440 g/mol. The summed E-state index contributed by atoms with van der Waals surface area (Å²) in [6.07, 6.45) is 1.80. The zero-order valence-electron chi connectivity index (χ0n) is 14.6. The number of quaternary nitrogens is 1. The molecule has 2 aromatic carbocycles. The molecule has 0 amide bonds. The van der Waals surface area contributed by atoms with Gasteiger partial charge < -0.3 is 14.7 Å². The molecule has 2 N–H and O–H groups in total. The number of piperazine rings is 1. The molecule has 0 unspecified atom stereocenters. The highest BCUT2D eigenvalue weighted by atomic mass is 79.9. The van der Waals surface area contributed by atoms with Gasteiger partial charge in [0.05, 0.1) is 44.0 Å². The summed E-state index contributed by atoms with van der Waals surface area (Å²) in [5.74, 6) is 0.530. The number of hydrazone groups is 1. The van der Waals surface area contributed by atoms with Gasteiger partial charge in [-0.05, 0) is 45.8 Å². The first-order chi connectivity index (χ1) is 12.5. The third kappa shape index (κ3) is 4.90. The maximum Gasteiger partial charge on any atom is 0.172 e. The second-order valence-electron chi connectivity index (χ2n) is 6.31. The number of phenolic OH excluding ortho intramolecular Hbond substituents is 1. The van der Waals surface area contributed by atoms with Gasteiger partial charge in [-0.15, -0.1) is 0 Å². The summed E-state index contributed by atoms with van der Waals surface area (Å²) in [6.45, 7) is 4.92. The molecule has 138 valence electrons. The number of hydrogen-bond acceptors (Lipinski definition) is 4. The molecule has 1 aliphatic heterocycles. The summed E-state index contributed by atoms with van der Waals surface area (Å²) < 4.78 is 5.76. The van der Waals surface area contributed by atoms with E-state index in [1.807, 2.05) is 18.2 Å². The molecule has 0 saturated carbocycles. The predicted octanol–water partition coefficient (Wildman–Crippen LogP) is 2.55. The van der Waals surface area contributed by atoms with Crippen molar-refractivity contribution in [3.8, 4) is 11.5 Å². The Morgan fingerprint density at radius 1 is 1.27 bits per heavy atom. The lowest BCUT2D eigenvalue weighted by Gasteiger charge is -2.30. The first-order valence-electron chi connectivity index (χ1n) is 8.48. The smallest absolute Gasteiger partial charge is 0.172 e. The van der Waals surface area contributed by atoms with Crippen molar-refractivity contribution in [2.45, 2.75) is 6.54 Å². The molecular formula is C19H22BrClN3O2+. The molecule has 1 aliphatic rings.